The van der Waals surface area contributed by atoms with Crippen LogP contribution < -0.4 is 4.74 Å². The Morgan fingerprint density at radius 1 is 1.07 bits per heavy atom. The highest BCUT2D eigenvalue weighted by molar-refractivity contribution is 7.80. The Kier molecular flexibility index (Phi) is 11.1. The molecule has 0 heterocycles. The molecule has 29 heavy (non-hydrogen) atoms. The number of hydrogen-bond donors (Lipinski definition) is 2. The molecule has 0 aromatic heterocycles. The molecule has 1 unspecified atom stereocenters. The lowest BCUT2D eigenvalue weighted by atomic mass is 9.65. The van der Waals surface area contributed by atoms with Crippen molar-refractivity contribution in [3.8, 4) is 5.75 Å². The minimum absolute atomic E-state index is 0.0698. The van der Waals surface area contributed by atoms with Gasteiger partial charge in [-0.25, -0.2) is 4.39 Å². The zero-order valence-electron chi connectivity index (χ0n) is 19.5. The van der Waals surface area contributed by atoms with E-state index in [-0.39, 0.29) is 22.9 Å². The number of fused-ring (bicyclic) bond motifs is 1. The minimum Gasteiger partial charge on any atom is -0.494 e. The van der Waals surface area contributed by atoms with Gasteiger partial charge in [0.25, 0.3) is 0 Å². The van der Waals surface area contributed by atoms with Gasteiger partial charge in [-0.05, 0) is 49.0 Å². The standard InChI is InChI=1S/C19H29FO2.C6H14S/c1-6-8-14(9-7-2)19(21)16-13(12-18(19,3)4)10-11-15(22-5)17(16)20;1-2-3-4-5-6-7/h10-11,14,21H,6-9,12H2,1-5H3;7H,2-6H2,1H3. The van der Waals surface area contributed by atoms with Gasteiger partial charge in [0.2, 0.25) is 0 Å². The Labute approximate surface area is 184 Å². The van der Waals surface area contributed by atoms with Crippen molar-refractivity contribution < 1.29 is 14.2 Å². The average molecular weight is 427 g/mol. The summed E-state index contributed by atoms with van der Waals surface area (Å²) < 4.78 is 20.1. The fourth-order valence-electron chi connectivity index (χ4n) is 4.82. The van der Waals surface area contributed by atoms with Crippen molar-refractivity contribution in [2.24, 2.45) is 11.3 Å². The minimum atomic E-state index is -1.13. The second-order valence-electron chi connectivity index (χ2n) is 9.00. The molecule has 1 N–H and O–H groups in total. The maximum absolute atomic E-state index is 15.0. The number of rotatable bonds is 10. The molecule has 1 aromatic carbocycles. The van der Waals surface area contributed by atoms with Crippen LogP contribution in [0.15, 0.2) is 12.1 Å². The van der Waals surface area contributed by atoms with Crippen LogP contribution in [0.2, 0.25) is 0 Å². The van der Waals surface area contributed by atoms with Gasteiger partial charge in [0, 0.05) is 11.0 Å². The Balaban J connectivity index is 0.000000516. The average Bonchev–Trinajstić information content (AvgIpc) is 2.89. The van der Waals surface area contributed by atoms with Gasteiger partial charge in [0.05, 0.1) is 7.11 Å². The van der Waals surface area contributed by atoms with Crippen LogP contribution in [0.5, 0.6) is 5.75 Å². The first-order valence-electron chi connectivity index (χ1n) is 11.4. The molecule has 1 atom stereocenters. The molecular weight excluding hydrogens is 383 g/mol. The number of benzene rings is 1. The molecule has 0 saturated heterocycles. The summed E-state index contributed by atoms with van der Waals surface area (Å²) in [4.78, 5) is 0. The largest absolute Gasteiger partial charge is 0.494 e. The van der Waals surface area contributed by atoms with Crippen molar-refractivity contribution in [3.05, 3.63) is 29.1 Å². The zero-order valence-corrected chi connectivity index (χ0v) is 20.4. The topological polar surface area (TPSA) is 29.5 Å². The first-order chi connectivity index (χ1) is 13.7. The van der Waals surface area contributed by atoms with Crippen LogP contribution >= 0.6 is 12.6 Å². The summed E-state index contributed by atoms with van der Waals surface area (Å²) in [5, 5.41) is 11.7. The van der Waals surface area contributed by atoms with Crippen molar-refractivity contribution in [2.75, 3.05) is 12.9 Å². The number of halogens is 1. The lowest BCUT2D eigenvalue weighted by Gasteiger charge is -2.44. The summed E-state index contributed by atoms with van der Waals surface area (Å²) in [6.07, 6.45) is 9.84. The molecule has 4 heteroatoms. The quantitative estimate of drug-likeness (QED) is 0.303. The lowest BCUT2D eigenvalue weighted by molar-refractivity contribution is -0.115. The van der Waals surface area contributed by atoms with Gasteiger partial charge in [0.15, 0.2) is 11.6 Å². The summed E-state index contributed by atoms with van der Waals surface area (Å²) in [5.74, 6) is 0.965. The summed E-state index contributed by atoms with van der Waals surface area (Å²) in [5.41, 5.74) is -0.114. The Morgan fingerprint density at radius 2 is 1.69 bits per heavy atom. The monoisotopic (exact) mass is 426 g/mol. The molecule has 1 aromatic rings. The highest BCUT2D eigenvalue weighted by Gasteiger charge is 2.56. The summed E-state index contributed by atoms with van der Waals surface area (Å²) in [6, 6.07) is 3.58. The van der Waals surface area contributed by atoms with Crippen molar-refractivity contribution in [1.82, 2.24) is 0 Å². The van der Waals surface area contributed by atoms with Crippen LogP contribution in [0.25, 0.3) is 0 Å². The normalized spacial score (nSPS) is 19.7. The fraction of sp³-hybridized carbons (Fsp3) is 0.760. The van der Waals surface area contributed by atoms with E-state index in [4.69, 9.17) is 4.74 Å². The van der Waals surface area contributed by atoms with E-state index in [1.165, 1.54) is 32.8 Å². The second-order valence-corrected chi connectivity index (χ2v) is 9.45. The van der Waals surface area contributed by atoms with Crippen LogP contribution in [0.1, 0.15) is 97.1 Å². The van der Waals surface area contributed by atoms with E-state index in [0.717, 1.165) is 37.0 Å². The van der Waals surface area contributed by atoms with E-state index >= 15 is 0 Å². The molecule has 0 amide bonds. The van der Waals surface area contributed by atoms with Crippen LogP contribution in [0.3, 0.4) is 0 Å². The predicted octanol–water partition coefficient (Wildman–Crippen LogP) is 7.32. The maximum Gasteiger partial charge on any atom is 0.171 e. The van der Waals surface area contributed by atoms with Crippen LogP contribution in [0, 0.1) is 17.2 Å². The summed E-state index contributed by atoms with van der Waals surface area (Å²) in [6.45, 7) is 10.6. The number of hydrogen-bond acceptors (Lipinski definition) is 3. The molecule has 0 bridgehead atoms. The van der Waals surface area contributed by atoms with E-state index in [2.05, 4.69) is 47.2 Å². The third-order valence-corrected chi connectivity index (χ3v) is 6.65. The van der Waals surface area contributed by atoms with Gasteiger partial charge in [-0.15, -0.1) is 0 Å². The highest BCUT2D eigenvalue weighted by Crippen LogP contribution is 2.57. The molecule has 0 spiro atoms. The summed E-state index contributed by atoms with van der Waals surface area (Å²) in [7, 11) is 1.47. The van der Waals surface area contributed by atoms with Crippen molar-refractivity contribution in [1.29, 1.82) is 0 Å². The predicted molar refractivity (Wildman–Crippen MR) is 126 cm³/mol. The summed E-state index contributed by atoms with van der Waals surface area (Å²) >= 11 is 4.09. The molecule has 2 nitrogen and oxygen atoms in total. The van der Waals surface area contributed by atoms with Gasteiger partial charge in [-0.2, -0.15) is 12.6 Å². The molecule has 1 aliphatic rings. The molecular formula is C25H43FO2S. The smallest absolute Gasteiger partial charge is 0.171 e. The Morgan fingerprint density at radius 3 is 2.17 bits per heavy atom. The molecule has 1 aliphatic carbocycles. The third kappa shape index (κ3) is 5.91. The fourth-order valence-corrected chi connectivity index (χ4v) is 5.04. The number of methoxy groups -OCH3 is 1. The number of unbranched alkanes of at least 4 members (excludes halogenated alkanes) is 3. The van der Waals surface area contributed by atoms with Crippen LogP contribution in [0.4, 0.5) is 4.39 Å². The van der Waals surface area contributed by atoms with Crippen LogP contribution in [-0.4, -0.2) is 18.0 Å². The van der Waals surface area contributed by atoms with Crippen LogP contribution in [-0.2, 0) is 12.0 Å². The van der Waals surface area contributed by atoms with Gasteiger partial charge < -0.3 is 9.84 Å². The van der Waals surface area contributed by atoms with E-state index < -0.39 is 5.60 Å². The third-order valence-electron chi connectivity index (χ3n) is 6.33. The molecule has 168 valence electrons. The molecule has 0 fully saturated rings. The number of ether oxygens (including phenoxy) is 1. The van der Waals surface area contributed by atoms with E-state index in [1.54, 1.807) is 6.07 Å². The zero-order chi connectivity index (χ0) is 22.1. The van der Waals surface area contributed by atoms with Gasteiger partial charge in [-0.1, -0.05) is 72.8 Å². The second kappa shape index (κ2) is 12.2. The van der Waals surface area contributed by atoms with Gasteiger partial charge in [-0.3, -0.25) is 0 Å². The van der Waals surface area contributed by atoms with Gasteiger partial charge >= 0.3 is 0 Å². The first kappa shape index (κ1) is 26.3. The SMILES string of the molecule is CCCC(CCC)C1(O)c2c(ccc(OC)c2F)CC1(C)C.CCCCCCS. The van der Waals surface area contributed by atoms with Gasteiger partial charge in [0.1, 0.15) is 5.60 Å². The number of thiol groups is 1. The molecule has 0 saturated carbocycles. The molecule has 0 aliphatic heterocycles. The van der Waals surface area contributed by atoms with E-state index in [0.29, 0.717) is 12.0 Å². The Hall–Kier alpha value is -0.740. The number of aliphatic hydroxyl groups is 1. The maximum atomic E-state index is 15.0. The van der Waals surface area contributed by atoms with Crippen molar-refractivity contribution in [2.45, 2.75) is 98.0 Å². The highest BCUT2D eigenvalue weighted by atomic mass is 32.1. The van der Waals surface area contributed by atoms with E-state index in [9.17, 15) is 9.50 Å². The van der Waals surface area contributed by atoms with E-state index in [1.807, 2.05) is 6.07 Å². The Bertz CT molecular complexity index is 607. The van der Waals surface area contributed by atoms with Crippen molar-refractivity contribution in [3.63, 3.8) is 0 Å². The lowest BCUT2D eigenvalue weighted by Crippen LogP contribution is -2.45. The molecule has 0 radical (unpaired) electrons. The molecule has 2 rings (SSSR count). The van der Waals surface area contributed by atoms with Crippen molar-refractivity contribution >= 4 is 12.6 Å². The first-order valence-corrected chi connectivity index (χ1v) is 12.1.